The van der Waals surface area contributed by atoms with Gasteiger partial charge in [0, 0.05) is 0 Å². The van der Waals surface area contributed by atoms with Gasteiger partial charge in [-0.25, -0.2) is 10.2 Å². The number of allylic oxidation sites excluding steroid dienone is 1. The molecule has 0 atom stereocenters. The van der Waals surface area contributed by atoms with Gasteiger partial charge in [-0.15, -0.1) is 6.58 Å². The summed E-state index contributed by atoms with van der Waals surface area (Å²) in [5.41, 5.74) is 4.38. The Kier molecular flexibility index (Phi) is 10.3. The Morgan fingerprint density at radius 2 is 1.76 bits per heavy atom. The second kappa shape index (κ2) is 14.1. The van der Waals surface area contributed by atoms with Crippen molar-refractivity contribution in [2.45, 2.75) is 19.8 Å². The topological polar surface area (TPSA) is 95.5 Å². The van der Waals surface area contributed by atoms with Crippen molar-refractivity contribution >= 4 is 18.1 Å². The third-order valence-electron chi connectivity index (χ3n) is 5.05. The first-order valence-electron chi connectivity index (χ1n) is 11.8. The number of benzene rings is 3. The number of methoxy groups -OCH3 is 1. The van der Waals surface area contributed by atoms with Crippen molar-refractivity contribution in [1.82, 2.24) is 5.43 Å². The zero-order valence-corrected chi connectivity index (χ0v) is 20.9. The van der Waals surface area contributed by atoms with E-state index in [1.807, 2.05) is 25.1 Å². The fourth-order valence-corrected chi connectivity index (χ4v) is 3.24. The molecular weight excluding hydrogens is 472 g/mol. The molecule has 0 heterocycles. The number of carbonyl (C=O) groups is 2. The van der Waals surface area contributed by atoms with Crippen molar-refractivity contribution < 1.29 is 28.5 Å². The summed E-state index contributed by atoms with van der Waals surface area (Å²) in [5, 5.41) is 3.96. The van der Waals surface area contributed by atoms with Gasteiger partial charge in [0.15, 0.2) is 18.1 Å². The van der Waals surface area contributed by atoms with Gasteiger partial charge in [-0.1, -0.05) is 31.2 Å². The van der Waals surface area contributed by atoms with E-state index in [-0.39, 0.29) is 12.4 Å². The average molecular weight is 503 g/mol. The van der Waals surface area contributed by atoms with Gasteiger partial charge >= 0.3 is 5.97 Å². The van der Waals surface area contributed by atoms with Crippen LogP contribution < -0.4 is 24.4 Å². The molecule has 0 bridgehead atoms. The van der Waals surface area contributed by atoms with Crippen molar-refractivity contribution in [2.24, 2.45) is 5.10 Å². The second-order valence-corrected chi connectivity index (χ2v) is 7.86. The SMILES string of the molecule is C=CCc1ccccc1OCC(=O)N/N=C\c1ccc(OC(=O)c2ccc(OCCC)cc2)c(OC)c1. The molecular formula is C29H30N2O6. The van der Waals surface area contributed by atoms with Gasteiger partial charge < -0.3 is 18.9 Å². The molecule has 0 fully saturated rings. The van der Waals surface area contributed by atoms with Crippen LogP contribution >= 0.6 is 0 Å². The smallest absolute Gasteiger partial charge is 0.343 e. The minimum atomic E-state index is -0.524. The molecule has 0 unspecified atom stereocenters. The van der Waals surface area contributed by atoms with Crippen LogP contribution in [0.25, 0.3) is 0 Å². The standard InChI is InChI=1S/C29H30N2O6/c1-4-8-22-9-6-7-10-25(22)36-20-28(32)31-30-19-21-11-16-26(27(18-21)34-3)37-29(33)23-12-14-24(15-13-23)35-17-5-2/h4,6-7,9-16,18-19H,1,5,8,17,20H2,2-3H3,(H,31,32)/b30-19-. The maximum atomic E-state index is 12.6. The lowest BCUT2D eigenvalue weighted by Crippen LogP contribution is -2.24. The molecule has 8 nitrogen and oxygen atoms in total. The molecule has 3 rings (SSSR count). The fraction of sp³-hybridized carbons (Fsp3) is 0.207. The normalized spacial score (nSPS) is 10.5. The number of ether oxygens (including phenoxy) is 4. The monoisotopic (exact) mass is 502 g/mol. The van der Waals surface area contributed by atoms with E-state index in [2.05, 4.69) is 17.1 Å². The van der Waals surface area contributed by atoms with E-state index in [0.717, 1.165) is 12.0 Å². The highest BCUT2D eigenvalue weighted by atomic mass is 16.6. The molecule has 3 aromatic carbocycles. The molecule has 3 aromatic rings. The predicted octanol–water partition coefficient (Wildman–Crippen LogP) is 4.96. The van der Waals surface area contributed by atoms with Gasteiger partial charge in [-0.05, 0) is 72.5 Å². The Morgan fingerprint density at radius 3 is 2.49 bits per heavy atom. The van der Waals surface area contributed by atoms with Crippen molar-refractivity contribution in [1.29, 1.82) is 0 Å². The van der Waals surface area contributed by atoms with Gasteiger partial charge in [-0.2, -0.15) is 5.10 Å². The van der Waals surface area contributed by atoms with E-state index < -0.39 is 11.9 Å². The molecule has 8 heteroatoms. The molecule has 1 amide bonds. The van der Waals surface area contributed by atoms with Crippen LogP contribution in [-0.2, 0) is 11.2 Å². The fourth-order valence-electron chi connectivity index (χ4n) is 3.24. The Labute approximate surface area is 216 Å². The summed E-state index contributed by atoms with van der Waals surface area (Å²) in [5.74, 6) is 0.977. The first-order chi connectivity index (χ1) is 18.0. The quantitative estimate of drug-likeness (QED) is 0.117. The lowest BCUT2D eigenvalue weighted by atomic mass is 10.1. The van der Waals surface area contributed by atoms with Crippen molar-refractivity contribution in [3.05, 3.63) is 96.1 Å². The Bertz CT molecular complexity index is 1240. The van der Waals surface area contributed by atoms with Crippen LogP contribution in [0.15, 0.2) is 84.5 Å². The lowest BCUT2D eigenvalue weighted by Gasteiger charge is -2.10. The molecule has 37 heavy (non-hydrogen) atoms. The van der Waals surface area contributed by atoms with Crippen molar-refractivity contribution in [2.75, 3.05) is 20.3 Å². The molecule has 0 saturated heterocycles. The number of amides is 1. The van der Waals surface area contributed by atoms with Crippen LogP contribution in [-0.4, -0.2) is 38.4 Å². The van der Waals surface area contributed by atoms with Crippen LogP contribution in [0.1, 0.15) is 34.8 Å². The molecule has 0 aliphatic rings. The van der Waals surface area contributed by atoms with Gasteiger partial charge in [-0.3, -0.25) is 4.79 Å². The first kappa shape index (κ1) is 27.0. The Hall–Kier alpha value is -4.59. The number of nitrogens with one attached hydrogen (secondary N) is 1. The highest BCUT2D eigenvalue weighted by Crippen LogP contribution is 2.28. The number of hydrazone groups is 1. The zero-order valence-electron chi connectivity index (χ0n) is 20.9. The summed E-state index contributed by atoms with van der Waals surface area (Å²) < 4.78 is 22.0. The summed E-state index contributed by atoms with van der Waals surface area (Å²) in [6, 6.07) is 19.1. The maximum Gasteiger partial charge on any atom is 0.343 e. The number of nitrogens with zero attached hydrogens (tertiary/aromatic N) is 1. The highest BCUT2D eigenvalue weighted by Gasteiger charge is 2.13. The third-order valence-corrected chi connectivity index (χ3v) is 5.05. The maximum absolute atomic E-state index is 12.6. The molecule has 0 aromatic heterocycles. The Balaban J connectivity index is 1.55. The molecule has 192 valence electrons. The van der Waals surface area contributed by atoms with Gasteiger partial charge in [0.25, 0.3) is 5.91 Å². The molecule has 0 saturated carbocycles. The average Bonchev–Trinajstić information content (AvgIpc) is 2.92. The zero-order chi connectivity index (χ0) is 26.5. The number of hydrogen-bond acceptors (Lipinski definition) is 7. The number of para-hydroxylation sites is 1. The van der Waals surface area contributed by atoms with Crippen LogP contribution in [0.3, 0.4) is 0 Å². The van der Waals surface area contributed by atoms with E-state index in [1.165, 1.54) is 13.3 Å². The number of hydrogen-bond donors (Lipinski definition) is 1. The molecule has 0 aliphatic heterocycles. The first-order valence-corrected chi connectivity index (χ1v) is 11.8. The number of carbonyl (C=O) groups excluding carboxylic acids is 2. The molecule has 1 N–H and O–H groups in total. The summed E-state index contributed by atoms with van der Waals surface area (Å²) in [4.78, 5) is 24.7. The van der Waals surface area contributed by atoms with Gasteiger partial charge in [0.05, 0.1) is 25.5 Å². The summed E-state index contributed by atoms with van der Waals surface area (Å²) in [6.07, 6.45) is 4.76. The molecule has 0 aliphatic carbocycles. The van der Waals surface area contributed by atoms with E-state index in [1.54, 1.807) is 54.6 Å². The van der Waals surface area contributed by atoms with Crippen molar-refractivity contribution in [3.63, 3.8) is 0 Å². The van der Waals surface area contributed by atoms with Crippen LogP contribution in [0.5, 0.6) is 23.0 Å². The minimum Gasteiger partial charge on any atom is -0.494 e. The molecule has 0 radical (unpaired) electrons. The minimum absolute atomic E-state index is 0.185. The van der Waals surface area contributed by atoms with Gasteiger partial charge in [0.1, 0.15) is 11.5 Å². The lowest BCUT2D eigenvalue weighted by molar-refractivity contribution is -0.123. The van der Waals surface area contributed by atoms with Crippen LogP contribution in [0.2, 0.25) is 0 Å². The van der Waals surface area contributed by atoms with Crippen LogP contribution in [0.4, 0.5) is 0 Å². The van der Waals surface area contributed by atoms with E-state index in [0.29, 0.717) is 41.4 Å². The van der Waals surface area contributed by atoms with E-state index in [9.17, 15) is 9.59 Å². The van der Waals surface area contributed by atoms with E-state index >= 15 is 0 Å². The van der Waals surface area contributed by atoms with Gasteiger partial charge in [0.2, 0.25) is 0 Å². The Morgan fingerprint density at radius 1 is 0.973 bits per heavy atom. The van der Waals surface area contributed by atoms with E-state index in [4.69, 9.17) is 18.9 Å². The second-order valence-electron chi connectivity index (χ2n) is 7.86. The molecule has 0 spiro atoms. The summed E-state index contributed by atoms with van der Waals surface area (Å²) in [7, 11) is 1.47. The number of esters is 1. The largest absolute Gasteiger partial charge is 0.494 e. The summed E-state index contributed by atoms with van der Waals surface area (Å²) in [6.45, 7) is 6.17. The summed E-state index contributed by atoms with van der Waals surface area (Å²) >= 11 is 0. The van der Waals surface area contributed by atoms with Crippen LogP contribution in [0, 0.1) is 0 Å². The van der Waals surface area contributed by atoms with Crippen molar-refractivity contribution in [3.8, 4) is 23.0 Å². The number of rotatable bonds is 13. The highest BCUT2D eigenvalue weighted by molar-refractivity contribution is 5.92. The third kappa shape index (κ3) is 8.24. The predicted molar refractivity (Wildman–Crippen MR) is 142 cm³/mol.